The summed E-state index contributed by atoms with van der Waals surface area (Å²) in [4.78, 5) is 16.4. The molecule has 0 fully saturated rings. The van der Waals surface area contributed by atoms with E-state index in [-0.39, 0.29) is 11.2 Å². The van der Waals surface area contributed by atoms with E-state index < -0.39 is 0 Å². The van der Waals surface area contributed by atoms with E-state index in [0.29, 0.717) is 34.5 Å². The fourth-order valence-electron chi connectivity index (χ4n) is 2.52. The van der Waals surface area contributed by atoms with Crippen LogP contribution < -0.4 is 10.2 Å². The average Bonchev–Trinajstić information content (AvgIpc) is 2.55. The van der Waals surface area contributed by atoms with E-state index in [0.717, 1.165) is 5.56 Å². The van der Waals surface area contributed by atoms with Crippen molar-refractivity contribution in [1.82, 2.24) is 4.98 Å². The first-order chi connectivity index (χ1) is 10.7. The number of hydrogen-bond donors (Lipinski definition) is 1. The highest BCUT2D eigenvalue weighted by Gasteiger charge is 2.17. The standard InChI is InChI=1S/C17H15NO4/c1-3-11-16-12(19)8-13(10-4-6-18-7-5-10)22-14(16)9-15(21-2)17(11)20/h4-9,20H,3H2,1-2H3. The largest absolute Gasteiger partial charge is 0.504 e. The summed E-state index contributed by atoms with van der Waals surface area (Å²) in [5, 5.41) is 10.6. The normalized spacial score (nSPS) is 10.8. The van der Waals surface area contributed by atoms with E-state index in [1.54, 1.807) is 24.5 Å². The number of aromatic hydroxyl groups is 1. The van der Waals surface area contributed by atoms with Crippen molar-refractivity contribution in [2.24, 2.45) is 0 Å². The van der Waals surface area contributed by atoms with Crippen molar-refractivity contribution < 1.29 is 14.3 Å². The average molecular weight is 297 g/mol. The minimum absolute atomic E-state index is 0.0125. The van der Waals surface area contributed by atoms with Gasteiger partial charge in [-0.3, -0.25) is 9.78 Å². The van der Waals surface area contributed by atoms with Gasteiger partial charge in [-0.1, -0.05) is 6.92 Å². The maximum atomic E-state index is 12.5. The van der Waals surface area contributed by atoms with Crippen LogP contribution in [0.5, 0.6) is 11.5 Å². The smallest absolute Gasteiger partial charge is 0.193 e. The summed E-state index contributed by atoms with van der Waals surface area (Å²) in [6.45, 7) is 1.87. The molecule has 0 saturated heterocycles. The predicted molar refractivity (Wildman–Crippen MR) is 83.3 cm³/mol. The number of pyridine rings is 1. The Morgan fingerprint density at radius 1 is 1.27 bits per heavy atom. The summed E-state index contributed by atoms with van der Waals surface area (Å²) in [5.74, 6) is 0.732. The Morgan fingerprint density at radius 2 is 2.00 bits per heavy atom. The van der Waals surface area contributed by atoms with Gasteiger partial charge < -0.3 is 14.3 Å². The number of aromatic nitrogens is 1. The SMILES string of the molecule is CCc1c(O)c(OC)cc2oc(-c3ccncc3)cc(=O)c12. The lowest BCUT2D eigenvalue weighted by atomic mass is 10.0. The second-order valence-electron chi connectivity index (χ2n) is 4.84. The van der Waals surface area contributed by atoms with Gasteiger partial charge in [0, 0.05) is 35.7 Å². The van der Waals surface area contributed by atoms with E-state index in [2.05, 4.69) is 4.98 Å². The molecular formula is C17H15NO4. The van der Waals surface area contributed by atoms with Crippen molar-refractivity contribution in [2.75, 3.05) is 7.11 Å². The van der Waals surface area contributed by atoms with Gasteiger partial charge in [0.15, 0.2) is 16.9 Å². The fraction of sp³-hybridized carbons (Fsp3) is 0.176. The molecule has 3 aromatic rings. The van der Waals surface area contributed by atoms with Gasteiger partial charge >= 0.3 is 0 Å². The number of aryl methyl sites for hydroxylation is 1. The fourth-order valence-corrected chi connectivity index (χ4v) is 2.52. The van der Waals surface area contributed by atoms with Crippen molar-refractivity contribution in [3.63, 3.8) is 0 Å². The van der Waals surface area contributed by atoms with Crippen LogP contribution in [-0.4, -0.2) is 17.2 Å². The molecule has 0 atom stereocenters. The maximum Gasteiger partial charge on any atom is 0.193 e. The molecule has 22 heavy (non-hydrogen) atoms. The molecule has 2 aromatic heterocycles. The van der Waals surface area contributed by atoms with Crippen LogP contribution in [0.15, 0.2) is 45.9 Å². The van der Waals surface area contributed by atoms with Crippen LogP contribution in [0.4, 0.5) is 0 Å². The summed E-state index contributed by atoms with van der Waals surface area (Å²) in [5.41, 5.74) is 1.50. The third-order valence-electron chi connectivity index (χ3n) is 3.60. The quantitative estimate of drug-likeness (QED) is 0.804. The van der Waals surface area contributed by atoms with Crippen LogP contribution in [0.25, 0.3) is 22.3 Å². The first-order valence-electron chi connectivity index (χ1n) is 6.92. The lowest BCUT2D eigenvalue weighted by Gasteiger charge is -2.11. The number of benzene rings is 1. The minimum atomic E-state index is -0.192. The van der Waals surface area contributed by atoms with E-state index in [1.165, 1.54) is 19.2 Å². The predicted octanol–water partition coefficient (Wildman–Crippen LogP) is 3.13. The molecule has 2 heterocycles. The Morgan fingerprint density at radius 3 is 2.64 bits per heavy atom. The first-order valence-corrected chi connectivity index (χ1v) is 6.92. The zero-order chi connectivity index (χ0) is 15.7. The molecule has 0 unspecified atom stereocenters. The van der Waals surface area contributed by atoms with E-state index in [4.69, 9.17) is 9.15 Å². The Bertz CT molecular complexity index is 885. The highest BCUT2D eigenvalue weighted by atomic mass is 16.5. The highest BCUT2D eigenvalue weighted by molar-refractivity contribution is 5.86. The molecule has 1 N–H and O–H groups in total. The van der Waals surface area contributed by atoms with Gasteiger partial charge in [-0.15, -0.1) is 0 Å². The Labute approximate surface area is 126 Å². The van der Waals surface area contributed by atoms with E-state index in [1.807, 2.05) is 6.92 Å². The molecular weight excluding hydrogens is 282 g/mol. The first kappa shape index (κ1) is 14.1. The summed E-state index contributed by atoms with van der Waals surface area (Å²) in [6.07, 6.45) is 3.77. The molecule has 0 spiro atoms. The van der Waals surface area contributed by atoms with E-state index in [9.17, 15) is 9.90 Å². The Hall–Kier alpha value is -2.82. The number of phenols is 1. The van der Waals surface area contributed by atoms with Gasteiger partial charge in [0.1, 0.15) is 11.3 Å². The third kappa shape index (κ3) is 2.20. The molecule has 0 aliphatic rings. The molecule has 0 saturated carbocycles. The number of hydrogen-bond acceptors (Lipinski definition) is 5. The molecule has 5 nitrogen and oxygen atoms in total. The lowest BCUT2D eigenvalue weighted by Crippen LogP contribution is -2.05. The molecule has 0 amide bonds. The zero-order valence-corrected chi connectivity index (χ0v) is 12.3. The van der Waals surface area contributed by atoms with Gasteiger partial charge in [0.05, 0.1) is 12.5 Å². The van der Waals surface area contributed by atoms with Crippen molar-refractivity contribution >= 4 is 11.0 Å². The topological polar surface area (TPSA) is 72.6 Å². The van der Waals surface area contributed by atoms with Crippen LogP contribution in [-0.2, 0) is 6.42 Å². The second kappa shape index (κ2) is 5.52. The van der Waals surface area contributed by atoms with E-state index >= 15 is 0 Å². The molecule has 0 bridgehead atoms. The summed E-state index contributed by atoms with van der Waals surface area (Å²) < 4.78 is 11.0. The molecule has 5 heteroatoms. The third-order valence-corrected chi connectivity index (χ3v) is 3.60. The second-order valence-corrected chi connectivity index (χ2v) is 4.84. The lowest BCUT2D eigenvalue weighted by molar-refractivity contribution is 0.371. The molecule has 1 aromatic carbocycles. The Balaban J connectivity index is 2.36. The minimum Gasteiger partial charge on any atom is -0.504 e. The molecule has 3 rings (SSSR count). The summed E-state index contributed by atoms with van der Waals surface area (Å²) in [6, 6.07) is 6.50. The number of methoxy groups -OCH3 is 1. The summed E-state index contributed by atoms with van der Waals surface area (Å²) in [7, 11) is 1.46. The van der Waals surface area contributed by atoms with Crippen molar-refractivity contribution in [3.8, 4) is 22.8 Å². The van der Waals surface area contributed by atoms with Gasteiger partial charge in [-0.25, -0.2) is 0 Å². The van der Waals surface area contributed by atoms with Gasteiger partial charge in [-0.2, -0.15) is 0 Å². The van der Waals surface area contributed by atoms with Gasteiger partial charge in [0.2, 0.25) is 0 Å². The number of rotatable bonds is 3. The van der Waals surface area contributed by atoms with Crippen LogP contribution in [0, 0.1) is 0 Å². The maximum absolute atomic E-state index is 12.5. The Kier molecular flexibility index (Phi) is 3.55. The monoisotopic (exact) mass is 297 g/mol. The van der Waals surface area contributed by atoms with Crippen LogP contribution in [0.1, 0.15) is 12.5 Å². The van der Waals surface area contributed by atoms with Crippen LogP contribution in [0.2, 0.25) is 0 Å². The van der Waals surface area contributed by atoms with Gasteiger partial charge in [0.25, 0.3) is 0 Å². The highest BCUT2D eigenvalue weighted by Crippen LogP contribution is 2.36. The van der Waals surface area contributed by atoms with Crippen molar-refractivity contribution in [2.45, 2.75) is 13.3 Å². The van der Waals surface area contributed by atoms with Crippen LogP contribution >= 0.6 is 0 Å². The van der Waals surface area contributed by atoms with Crippen molar-refractivity contribution in [3.05, 3.63) is 52.4 Å². The van der Waals surface area contributed by atoms with Gasteiger partial charge in [-0.05, 0) is 18.6 Å². The van der Waals surface area contributed by atoms with Crippen molar-refractivity contribution in [1.29, 1.82) is 0 Å². The number of nitrogens with zero attached hydrogens (tertiary/aromatic N) is 1. The molecule has 112 valence electrons. The van der Waals surface area contributed by atoms with Crippen LogP contribution in [0.3, 0.4) is 0 Å². The molecule has 0 aliphatic heterocycles. The zero-order valence-electron chi connectivity index (χ0n) is 12.3. The molecule has 0 aliphatic carbocycles. The number of ether oxygens (including phenoxy) is 1. The number of phenolic OH excluding ortho intramolecular Hbond substituents is 1. The summed E-state index contributed by atoms with van der Waals surface area (Å²) >= 11 is 0. The molecule has 0 radical (unpaired) electrons. The number of fused-ring (bicyclic) bond motifs is 1.